The minimum atomic E-state index is 0.616. The van der Waals surface area contributed by atoms with Crippen LogP contribution in [0.3, 0.4) is 0 Å². The average molecular weight is 278 g/mol. The number of methoxy groups -OCH3 is 2. The van der Waals surface area contributed by atoms with Crippen molar-refractivity contribution in [3.8, 4) is 11.5 Å². The van der Waals surface area contributed by atoms with E-state index in [0.29, 0.717) is 6.04 Å². The quantitative estimate of drug-likeness (QED) is 0.865. The SMILES string of the molecule is COc1ccc(OC)c(CN(C)CC2CCCCN2)c1. The van der Waals surface area contributed by atoms with E-state index < -0.39 is 0 Å². The molecule has 1 atom stereocenters. The number of rotatable bonds is 6. The Morgan fingerprint density at radius 1 is 1.25 bits per heavy atom. The van der Waals surface area contributed by atoms with E-state index in [1.165, 1.54) is 24.8 Å². The molecule has 2 rings (SSSR count). The largest absolute Gasteiger partial charge is 0.497 e. The fourth-order valence-corrected chi connectivity index (χ4v) is 2.82. The molecule has 1 fully saturated rings. The number of nitrogens with one attached hydrogen (secondary N) is 1. The summed E-state index contributed by atoms with van der Waals surface area (Å²) in [5.41, 5.74) is 1.17. The topological polar surface area (TPSA) is 33.7 Å². The number of benzene rings is 1. The molecule has 0 amide bonds. The smallest absolute Gasteiger partial charge is 0.123 e. The van der Waals surface area contributed by atoms with Gasteiger partial charge in [-0.05, 0) is 44.6 Å². The number of nitrogens with zero attached hydrogens (tertiary/aromatic N) is 1. The highest BCUT2D eigenvalue weighted by molar-refractivity contribution is 5.40. The lowest BCUT2D eigenvalue weighted by atomic mass is 10.0. The van der Waals surface area contributed by atoms with Gasteiger partial charge in [-0.1, -0.05) is 6.42 Å². The second kappa shape index (κ2) is 7.50. The Kier molecular flexibility index (Phi) is 5.68. The van der Waals surface area contributed by atoms with Crippen LogP contribution in [0.25, 0.3) is 0 Å². The maximum absolute atomic E-state index is 5.44. The van der Waals surface area contributed by atoms with Crippen LogP contribution in [0.1, 0.15) is 24.8 Å². The molecule has 4 heteroatoms. The van der Waals surface area contributed by atoms with Crippen molar-refractivity contribution in [3.05, 3.63) is 23.8 Å². The van der Waals surface area contributed by atoms with Gasteiger partial charge in [0.1, 0.15) is 11.5 Å². The minimum absolute atomic E-state index is 0.616. The molecular weight excluding hydrogens is 252 g/mol. The second-order valence-electron chi connectivity index (χ2n) is 5.52. The first-order chi connectivity index (χ1) is 9.72. The fourth-order valence-electron chi connectivity index (χ4n) is 2.82. The Hall–Kier alpha value is -1.26. The Morgan fingerprint density at radius 3 is 2.75 bits per heavy atom. The van der Waals surface area contributed by atoms with Crippen LogP contribution in [0, 0.1) is 0 Å². The molecule has 4 nitrogen and oxygen atoms in total. The van der Waals surface area contributed by atoms with Gasteiger partial charge in [0.25, 0.3) is 0 Å². The monoisotopic (exact) mass is 278 g/mol. The summed E-state index contributed by atoms with van der Waals surface area (Å²) in [7, 11) is 5.57. The molecule has 1 N–H and O–H groups in total. The first kappa shape index (κ1) is 15.1. The molecule has 1 aliphatic heterocycles. The van der Waals surface area contributed by atoms with Gasteiger partial charge in [-0.3, -0.25) is 0 Å². The van der Waals surface area contributed by atoms with Crippen molar-refractivity contribution in [3.63, 3.8) is 0 Å². The van der Waals surface area contributed by atoms with Crippen LogP contribution in [0.4, 0.5) is 0 Å². The molecule has 20 heavy (non-hydrogen) atoms. The van der Waals surface area contributed by atoms with Crippen LogP contribution >= 0.6 is 0 Å². The molecule has 0 saturated carbocycles. The van der Waals surface area contributed by atoms with E-state index in [-0.39, 0.29) is 0 Å². The van der Waals surface area contributed by atoms with Gasteiger partial charge in [-0.25, -0.2) is 0 Å². The molecule has 0 bridgehead atoms. The van der Waals surface area contributed by atoms with E-state index in [1.807, 2.05) is 12.1 Å². The maximum Gasteiger partial charge on any atom is 0.123 e. The van der Waals surface area contributed by atoms with Crippen molar-refractivity contribution in [2.24, 2.45) is 0 Å². The van der Waals surface area contributed by atoms with Crippen LogP contribution < -0.4 is 14.8 Å². The van der Waals surface area contributed by atoms with Gasteiger partial charge in [0.2, 0.25) is 0 Å². The number of piperidine rings is 1. The van der Waals surface area contributed by atoms with Crippen LogP contribution in [-0.4, -0.2) is 45.3 Å². The van der Waals surface area contributed by atoms with E-state index in [1.54, 1.807) is 14.2 Å². The van der Waals surface area contributed by atoms with Crippen LogP contribution in [0.2, 0.25) is 0 Å². The van der Waals surface area contributed by atoms with Crippen molar-refractivity contribution in [1.82, 2.24) is 10.2 Å². The summed E-state index contributed by atoms with van der Waals surface area (Å²) in [4.78, 5) is 2.35. The Bertz CT molecular complexity index is 417. The van der Waals surface area contributed by atoms with Gasteiger partial charge in [-0.2, -0.15) is 0 Å². The maximum atomic E-state index is 5.44. The lowest BCUT2D eigenvalue weighted by Crippen LogP contribution is -2.42. The predicted octanol–water partition coefficient (Wildman–Crippen LogP) is 2.28. The summed E-state index contributed by atoms with van der Waals surface area (Å²) in [6, 6.07) is 6.58. The van der Waals surface area contributed by atoms with Gasteiger partial charge in [-0.15, -0.1) is 0 Å². The molecule has 1 unspecified atom stereocenters. The van der Waals surface area contributed by atoms with Crippen LogP contribution in [0.5, 0.6) is 11.5 Å². The third-order valence-electron chi connectivity index (χ3n) is 3.87. The van der Waals surface area contributed by atoms with Crippen molar-refractivity contribution < 1.29 is 9.47 Å². The fraction of sp³-hybridized carbons (Fsp3) is 0.625. The summed E-state index contributed by atoms with van der Waals surface area (Å²) < 4.78 is 10.7. The van der Waals surface area contributed by atoms with Crippen LogP contribution in [-0.2, 0) is 6.54 Å². The number of ether oxygens (including phenoxy) is 2. The standard InChI is InChI=1S/C16H26N2O2/c1-18(12-14-6-4-5-9-17-14)11-13-10-15(19-2)7-8-16(13)20-3/h7-8,10,14,17H,4-6,9,11-12H2,1-3H3. The van der Waals surface area contributed by atoms with Crippen molar-refractivity contribution in [2.45, 2.75) is 31.8 Å². The molecule has 0 aliphatic carbocycles. The molecule has 1 aromatic carbocycles. The van der Waals surface area contributed by atoms with Gasteiger partial charge < -0.3 is 19.7 Å². The second-order valence-corrected chi connectivity index (χ2v) is 5.52. The average Bonchev–Trinajstić information content (AvgIpc) is 2.48. The number of hydrogen-bond donors (Lipinski definition) is 1. The van der Waals surface area contributed by atoms with Gasteiger partial charge >= 0.3 is 0 Å². The normalized spacial score (nSPS) is 19.1. The first-order valence-electron chi connectivity index (χ1n) is 7.35. The van der Waals surface area contributed by atoms with Gasteiger partial charge in [0.05, 0.1) is 14.2 Å². The zero-order valence-electron chi connectivity index (χ0n) is 12.8. The Morgan fingerprint density at radius 2 is 2.10 bits per heavy atom. The molecule has 1 aliphatic rings. The van der Waals surface area contributed by atoms with Crippen molar-refractivity contribution >= 4 is 0 Å². The Labute approximate surface area is 122 Å². The Balaban J connectivity index is 1.96. The van der Waals surface area contributed by atoms with E-state index in [0.717, 1.165) is 31.1 Å². The molecule has 0 aromatic heterocycles. The summed E-state index contributed by atoms with van der Waals surface area (Å²) in [5.74, 6) is 1.80. The third kappa shape index (κ3) is 4.12. The molecule has 1 aromatic rings. The highest BCUT2D eigenvalue weighted by atomic mass is 16.5. The molecule has 1 saturated heterocycles. The highest BCUT2D eigenvalue weighted by Gasteiger charge is 2.15. The zero-order chi connectivity index (χ0) is 14.4. The van der Waals surface area contributed by atoms with Crippen molar-refractivity contribution in [2.75, 3.05) is 34.4 Å². The lowest BCUT2D eigenvalue weighted by Gasteiger charge is -2.28. The predicted molar refractivity (Wildman–Crippen MR) is 81.5 cm³/mol. The molecule has 0 radical (unpaired) electrons. The van der Waals surface area contributed by atoms with Gasteiger partial charge in [0, 0.05) is 24.7 Å². The summed E-state index contributed by atoms with van der Waals surface area (Å²) in [6.07, 6.45) is 3.93. The zero-order valence-corrected chi connectivity index (χ0v) is 12.8. The minimum Gasteiger partial charge on any atom is -0.497 e. The highest BCUT2D eigenvalue weighted by Crippen LogP contribution is 2.25. The summed E-state index contributed by atoms with van der Waals surface area (Å²) in [5, 5.41) is 3.59. The van der Waals surface area contributed by atoms with E-state index in [4.69, 9.17) is 9.47 Å². The van der Waals surface area contributed by atoms with Crippen molar-refractivity contribution in [1.29, 1.82) is 0 Å². The molecule has 112 valence electrons. The third-order valence-corrected chi connectivity index (χ3v) is 3.87. The van der Waals surface area contributed by atoms with E-state index in [9.17, 15) is 0 Å². The lowest BCUT2D eigenvalue weighted by molar-refractivity contribution is 0.253. The summed E-state index contributed by atoms with van der Waals surface area (Å²) in [6.45, 7) is 3.10. The number of likely N-dealkylation sites (N-methyl/N-ethyl adjacent to an activating group) is 1. The molecular formula is C16H26N2O2. The van der Waals surface area contributed by atoms with E-state index in [2.05, 4.69) is 23.3 Å². The molecule has 0 spiro atoms. The first-order valence-corrected chi connectivity index (χ1v) is 7.35. The van der Waals surface area contributed by atoms with Gasteiger partial charge in [0.15, 0.2) is 0 Å². The summed E-state index contributed by atoms with van der Waals surface area (Å²) >= 11 is 0. The molecule has 1 heterocycles. The number of hydrogen-bond acceptors (Lipinski definition) is 4. The van der Waals surface area contributed by atoms with Crippen LogP contribution in [0.15, 0.2) is 18.2 Å². The van der Waals surface area contributed by atoms with E-state index >= 15 is 0 Å².